The van der Waals surface area contributed by atoms with E-state index in [-0.39, 0.29) is 5.44 Å². The zero-order valence-electron chi connectivity index (χ0n) is 18.4. The number of methoxy groups -OCH3 is 2. The Balaban J connectivity index is 2.05. The fourth-order valence-electron chi connectivity index (χ4n) is 2.94. The van der Waals surface area contributed by atoms with Crippen LogP contribution >= 0.6 is 11.8 Å². The van der Waals surface area contributed by atoms with Gasteiger partial charge in [-0.15, -0.1) is 10.2 Å². The zero-order valence-corrected chi connectivity index (χ0v) is 19.2. The second-order valence-electron chi connectivity index (χ2n) is 6.47. The molecule has 0 aliphatic heterocycles. The van der Waals surface area contributed by atoms with Gasteiger partial charge in [0.15, 0.2) is 10.9 Å². The number of hydrogen-bond acceptors (Lipinski definition) is 9. The summed E-state index contributed by atoms with van der Waals surface area (Å²) in [5.74, 6) is 3.52. The van der Waals surface area contributed by atoms with Gasteiger partial charge in [0, 0.05) is 12.8 Å². The fourth-order valence-corrected chi connectivity index (χ4v) is 3.71. The van der Waals surface area contributed by atoms with Crippen LogP contribution in [0.25, 0.3) is 17.3 Å². The molecule has 0 saturated heterocycles. The molecule has 0 fully saturated rings. The van der Waals surface area contributed by atoms with Crippen molar-refractivity contribution in [3.8, 4) is 11.6 Å². The molecule has 10 heteroatoms. The molecule has 0 saturated carbocycles. The Morgan fingerprint density at radius 1 is 1.23 bits per heavy atom. The topological polar surface area (TPSA) is 92.8 Å². The first-order valence-corrected chi connectivity index (χ1v) is 10.9. The van der Waals surface area contributed by atoms with Crippen molar-refractivity contribution in [3.05, 3.63) is 47.6 Å². The summed E-state index contributed by atoms with van der Waals surface area (Å²) in [5.41, 5.74) is 2.99. The maximum Gasteiger partial charge on any atom is 0.204 e. The van der Waals surface area contributed by atoms with Crippen LogP contribution < -0.4 is 5.64 Å². The number of rotatable bonds is 11. The molecule has 1 atom stereocenters. The van der Waals surface area contributed by atoms with Crippen molar-refractivity contribution < 1.29 is 23.6 Å². The van der Waals surface area contributed by atoms with E-state index in [1.54, 1.807) is 14.2 Å². The molecule has 168 valence electrons. The van der Waals surface area contributed by atoms with Crippen molar-refractivity contribution >= 4 is 17.5 Å². The van der Waals surface area contributed by atoms with E-state index in [4.69, 9.17) is 23.6 Å². The minimum Gasteiger partial charge on any atom is -0.501 e. The zero-order chi connectivity index (χ0) is 22.2. The van der Waals surface area contributed by atoms with Crippen LogP contribution in [0.1, 0.15) is 33.0 Å². The molecule has 2 aromatic heterocycles. The summed E-state index contributed by atoms with van der Waals surface area (Å²) in [4.78, 5) is 10.5. The lowest BCUT2D eigenvalue weighted by Gasteiger charge is -2.18. The number of allylic oxidation sites excluding steroid dienone is 4. The molecule has 2 aromatic rings. The highest BCUT2D eigenvalue weighted by molar-refractivity contribution is 7.99. The second-order valence-corrected chi connectivity index (χ2v) is 7.73. The molecule has 1 unspecified atom stereocenters. The largest absolute Gasteiger partial charge is 0.501 e. The average molecular weight is 449 g/mol. The van der Waals surface area contributed by atoms with Crippen LogP contribution in [0.4, 0.5) is 0 Å². The van der Waals surface area contributed by atoms with Crippen molar-refractivity contribution in [1.29, 1.82) is 0 Å². The number of nitrogens with one attached hydrogen (secondary N) is 1. The Labute approximate surface area is 186 Å². The van der Waals surface area contributed by atoms with Crippen molar-refractivity contribution in [2.45, 2.75) is 44.2 Å². The van der Waals surface area contributed by atoms with E-state index in [0.717, 1.165) is 23.6 Å². The first-order chi connectivity index (χ1) is 15.1. The third-order valence-corrected chi connectivity index (χ3v) is 5.36. The Morgan fingerprint density at radius 2 is 2.06 bits per heavy atom. The van der Waals surface area contributed by atoms with Crippen LogP contribution in [0, 0.1) is 0 Å². The molecule has 1 N–H and O–H groups in total. The number of hydrogen-bond donors (Lipinski definition) is 1. The molecule has 0 radical (unpaired) electrons. The van der Waals surface area contributed by atoms with Gasteiger partial charge in [0.2, 0.25) is 5.82 Å². The Bertz CT molecular complexity index is 963. The van der Waals surface area contributed by atoms with Crippen LogP contribution in [0.15, 0.2) is 51.5 Å². The maximum absolute atomic E-state index is 5.98. The first kappa shape index (κ1) is 23.1. The predicted molar refractivity (Wildman–Crippen MR) is 117 cm³/mol. The minimum atomic E-state index is -0.310. The highest BCUT2D eigenvalue weighted by Crippen LogP contribution is 2.35. The Kier molecular flexibility index (Phi) is 8.35. The lowest BCUT2D eigenvalue weighted by Crippen LogP contribution is -2.20. The third-order valence-electron chi connectivity index (χ3n) is 4.46. The summed E-state index contributed by atoms with van der Waals surface area (Å²) in [6.07, 6.45) is 6.95. The van der Waals surface area contributed by atoms with Gasteiger partial charge in [-0.25, -0.2) is 0 Å². The summed E-state index contributed by atoms with van der Waals surface area (Å²) >= 11 is 1.38. The van der Waals surface area contributed by atoms with E-state index in [1.807, 2.05) is 55.7 Å². The van der Waals surface area contributed by atoms with Crippen LogP contribution in [0.3, 0.4) is 0 Å². The SMILES string of the molecule is CCONOC(C)Sc1nnc(-c2ccc(CC)o2)n1C1=C(OC)C=CC=C(OC)C1. The van der Waals surface area contributed by atoms with E-state index >= 15 is 0 Å². The van der Waals surface area contributed by atoms with E-state index in [0.29, 0.717) is 35.5 Å². The minimum absolute atomic E-state index is 0.310. The van der Waals surface area contributed by atoms with Gasteiger partial charge in [-0.3, -0.25) is 14.2 Å². The van der Waals surface area contributed by atoms with Crippen molar-refractivity contribution in [3.63, 3.8) is 0 Å². The van der Waals surface area contributed by atoms with Gasteiger partial charge < -0.3 is 13.9 Å². The van der Waals surface area contributed by atoms with Crippen LogP contribution in [-0.2, 0) is 25.6 Å². The number of ether oxygens (including phenoxy) is 2. The summed E-state index contributed by atoms with van der Waals surface area (Å²) in [6.45, 7) is 6.27. The number of thioether (sulfide) groups is 1. The molecular weight excluding hydrogens is 420 g/mol. The lowest BCUT2D eigenvalue weighted by molar-refractivity contribution is -0.172. The van der Waals surface area contributed by atoms with E-state index < -0.39 is 0 Å². The standard InChI is InChI=1S/C21H28N4O5S/c1-6-15-11-12-19(29-15)20-22-23-21(31-14(3)30-24-28-7-2)25(20)17-13-16(26-4)9-8-10-18(17)27-5/h8-12,14,24H,6-7,13H2,1-5H3. The van der Waals surface area contributed by atoms with Gasteiger partial charge >= 0.3 is 0 Å². The van der Waals surface area contributed by atoms with Crippen LogP contribution in [0.5, 0.6) is 0 Å². The monoisotopic (exact) mass is 448 g/mol. The van der Waals surface area contributed by atoms with Crippen LogP contribution in [0.2, 0.25) is 0 Å². The molecule has 2 heterocycles. The number of nitrogens with zero attached hydrogens (tertiary/aromatic N) is 3. The molecule has 0 amide bonds. The normalized spacial score (nSPS) is 15.1. The first-order valence-electron chi connectivity index (χ1n) is 10.0. The summed E-state index contributed by atoms with van der Waals surface area (Å²) in [7, 11) is 3.28. The summed E-state index contributed by atoms with van der Waals surface area (Å²) in [6, 6.07) is 3.84. The van der Waals surface area contributed by atoms with Gasteiger partial charge in [0.05, 0.1) is 26.5 Å². The average Bonchev–Trinajstić information content (AvgIpc) is 3.35. The summed E-state index contributed by atoms with van der Waals surface area (Å²) < 4.78 is 19.1. The second kappa shape index (κ2) is 11.2. The summed E-state index contributed by atoms with van der Waals surface area (Å²) in [5, 5.41) is 9.46. The number of furan rings is 1. The van der Waals surface area contributed by atoms with Gasteiger partial charge in [0.25, 0.3) is 0 Å². The molecule has 1 aliphatic carbocycles. The van der Waals surface area contributed by atoms with E-state index in [9.17, 15) is 0 Å². The van der Waals surface area contributed by atoms with Crippen molar-refractivity contribution in [2.24, 2.45) is 0 Å². The van der Waals surface area contributed by atoms with E-state index in [1.165, 1.54) is 11.8 Å². The van der Waals surface area contributed by atoms with Gasteiger partial charge in [-0.05, 0) is 38.1 Å². The van der Waals surface area contributed by atoms with Gasteiger partial charge in [-0.2, -0.15) is 0 Å². The van der Waals surface area contributed by atoms with Gasteiger partial charge in [0.1, 0.15) is 22.7 Å². The molecule has 0 aromatic carbocycles. The van der Waals surface area contributed by atoms with Crippen LogP contribution in [-0.4, -0.2) is 41.0 Å². The molecule has 3 rings (SSSR count). The fraction of sp³-hybridized carbons (Fsp3) is 0.429. The smallest absolute Gasteiger partial charge is 0.204 e. The molecule has 0 spiro atoms. The molecular formula is C21H28N4O5S. The Hall–Kier alpha value is -2.53. The highest BCUT2D eigenvalue weighted by Gasteiger charge is 2.25. The molecule has 1 aliphatic rings. The maximum atomic E-state index is 5.98. The lowest BCUT2D eigenvalue weighted by atomic mass is 10.2. The number of aromatic nitrogens is 3. The third kappa shape index (κ3) is 5.59. The Morgan fingerprint density at radius 3 is 2.74 bits per heavy atom. The quantitative estimate of drug-likeness (QED) is 0.233. The predicted octanol–water partition coefficient (Wildman–Crippen LogP) is 4.32. The molecule has 0 bridgehead atoms. The highest BCUT2D eigenvalue weighted by atomic mass is 32.2. The van der Waals surface area contributed by atoms with Gasteiger partial charge in [-0.1, -0.05) is 30.4 Å². The molecule has 9 nitrogen and oxygen atoms in total. The van der Waals surface area contributed by atoms with Crippen molar-refractivity contribution in [1.82, 2.24) is 20.4 Å². The number of aryl methyl sites for hydroxylation is 1. The van der Waals surface area contributed by atoms with Crippen molar-refractivity contribution in [2.75, 3.05) is 20.8 Å². The molecule has 31 heavy (non-hydrogen) atoms. The van der Waals surface area contributed by atoms with E-state index in [2.05, 4.69) is 15.8 Å².